The number of anilines is 1. The predicted molar refractivity (Wildman–Crippen MR) is 121 cm³/mol. The molecule has 2 aromatic carbocycles. The molecule has 4 aromatic rings. The fourth-order valence-electron chi connectivity index (χ4n) is 3.76. The van der Waals surface area contributed by atoms with Crippen molar-refractivity contribution in [3.8, 4) is 11.5 Å². The Morgan fingerprint density at radius 3 is 2.64 bits per heavy atom. The fourth-order valence-corrected chi connectivity index (χ4v) is 3.76. The van der Waals surface area contributed by atoms with E-state index in [2.05, 4.69) is 10.4 Å². The maximum Gasteiger partial charge on any atom is 0.332 e. The first-order chi connectivity index (χ1) is 16.0. The van der Waals surface area contributed by atoms with Crippen molar-refractivity contribution in [2.24, 2.45) is 0 Å². The van der Waals surface area contributed by atoms with E-state index in [0.29, 0.717) is 29.2 Å². The number of ether oxygens (including phenoxy) is 2. The van der Waals surface area contributed by atoms with Gasteiger partial charge in [-0.15, -0.1) is 0 Å². The van der Waals surface area contributed by atoms with E-state index in [1.54, 1.807) is 29.1 Å². The molecule has 0 fully saturated rings. The number of carbonyl (C=O) groups is 1. The van der Waals surface area contributed by atoms with Gasteiger partial charge in [0.1, 0.15) is 6.54 Å². The Morgan fingerprint density at radius 1 is 1.06 bits per heavy atom. The van der Waals surface area contributed by atoms with Crippen LogP contribution in [0.5, 0.6) is 11.5 Å². The summed E-state index contributed by atoms with van der Waals surface area (Å²) >= 11 is 0. The Hall–Kier alpha value is -4.34. The first-order valence-electron chi connectivity index (χ1n) is 10.5. The van der Waals surface area contributed by atoms with Crippen molar-refractivity contribution in [3.63, 3.8) is 0 Å². The van der Waals surface area contributed by atoms with Crippen molar-refractivity contribution in [1.82, 2.24) is 18.9 Å². The van der Waals surface area contributed by atoms with Gasteiger partial charge in [0.2, 0.25) is 12.7 Å². The molecule has 0 unspecified atom stereocenters. The molecule has 33 heavy (non-hydrogen) atoms. The molecule has 1 aliphatic rings. The second-order valence-corrected chi connectivity index (χ2v) is 7.58. The zero-order chi connectivity index (χ0) is 22.9. The number of fused-ring (bicyclic) bond motifs is 2. The average molecular weight is 447 g/mol. The minimum Gasteiger partial charge on any atom is -0.454 e. The van der Waals surface area contributed by atoms with Crippen LogP contribution in [0.15, 0.2) is 64.3 Å². The zero-order valence-corrected chi connectivity index (χ0v) is 17.9. The summed E-state index contributed by atoms with van der Waals surface area (Å²) in [6.07, 6.45) is 1.61. The van der Waals surface area contributed by atoms with Crippen LogP contribution in [0.25, 0.3) is 11.0 Å². The third kappa shape index (κ3) is 3.86. The van der Waals surface area contributed by atoms with Gasteiger partial charge in [-0.3, -0.25) is 23.4 Å². The van der Waals surface area contributed by atoms with E-state index in [1.165, 1.54) is 4.57 Å². The van der Waals surface area contributed by atoms with E-state index < -0.39 is 17.2 Å². The molecule has 10 nitrogen and oxygen atoms in total. The monoisotopic (exact) mass is 447 g/mol. The number of rotatable bonds is 6. The summed E-state index contributed by atoms with van der Waals surface area (Å²) in [4.78, 5) is 39.2. The number of amides is 1. The number of carbonyl (C=O) groups excluding carboxylic acids is 1. The molecule has 5 rings (SSSR count). The van der Waals surface area contributed by atoms with Crippen molar-refractivity contribution in [2.75, 3.05) is 12.1 Å². The molecule has 1 amide bonds. The van der Waals surface area contributed by atoms with Gasteiger partial charge in [-0.25, -0.2) is 4.79 Å². The average Bonchev–Trinajstić information content (AvgIpc) is 3.47. The van der Waals surface area contributed by atoms with Gasteiger partial charge in [-0.2, -0.15) is 5.10 Å². The topological polar surface area (TPSA) is 109 Å². The minimum absolute atomic E-state index is 0.0806. The molecule has 0 atom stereocenters. The predicted octanol–water partition coefficient (Wildman–Crippen LogP) is 1.80. The Balaban J connectivity index is 1.52. The Kier molecular flexibility index (Phi) is 5.17. The molecule has 0 bridgehead atoms. The second-order valence-electron chi connectivity index (χ2n) is 7.58. The van der Waals surface area contributed by atoms with Crippen LogP contribution in [-0.4, -0.2) is 31.6 Å². The molecule has 2 aromatic heterocycles. The van der Waals surface area contributed by atoms with E-state index in [0.717, 1.165) is 10.1 Å². The van der Waals surface area contributed by atoms with Crippen molar-refractivity contribution >= 4 is 22.6 Å². The van der Waals surface area contributed by atoms with Gasteiger partial charge < -0.3 is 14.8 Å². The summed E-state index contributed by atoms with van der Waals surface area (Å²) in [6, 6.07) is 14.2. The highest BCUT2D eigenvalue weighted by molar-refractivity contribution is 5.91. The lowest BCUT2D eigenvalue weighted by Crippen LogP contribution is -2.41. The molecule has 0 saturated carbocycles. The highest BCUT2D eigenvalue weighted by atomic mass is 16.7. The molecule has 168 valence electrons. The number of aromatic nitrogens is 4. The van der Waals surface area contributed by atoms with E-state index in [4.69, 9.17) is 9.47 Å². The molecule has 1 aliphatic heterocycles. The first-order valence-corrected chi connectivity index (χ1v) is 10.5. The Morgan fingerprint density at radius 2 is 1.85 bits per heavy atom. The third-order valence-electron chi connectivity index (χ3n) is 5.41. The van der Waals surface area contributed by atoms with Gasteiger partial charge in [-0.05, 0) is 24.6 Å². The maximum absolute atomic E-state index is 13.3. The highest BCUT2D eigenvalue weighted by Crippen LogP contribution is 2.34. The van der Waals surface area contributed by atoms with Gasteiger partial charge in [-0.1, -0.05) is 30.3 Å². The minimum atomic E-state index is -0.576. The number of hydrogen-bond acceptors (Lipinski definition) is 6. The maximum atomic E-state index is 13.3. The molecule has 0 radical (unpaired) electrons. The highest BCUT2D eigenvalue weighted by Gasteiger charge is 2.19. The lowest BCUT2D eigenvalue weighted by Gasteiger charge is -2.12. The summed E-state index contributed by atoms with van der Waals surface area (Å²) in [5.74, 6) is 0.713. The lowest BCUT2D eigenvalue weighted by molar-refractivity contribution is -0.116. The van der Waals surface area contributed by atoms with E-state index in [9.17, 15) is 14.4 Å². The summed E-state index contributed by atoms with van der Waals surface area (Å²) in [6.45, 7) is 2.32. The van der Waals surface area contributed by atoms with Crippen LogP contribution in [0.2, 0.25) is 0 Å². The fraction of sp³-hybridized carbons (Fsp3) is 0.217. The van der Waals surface area contributed by atoms with Crippen molar-refractivity contribution in [1.29, 1.82) is 0 Å². The second kappa shape index (κ2) is 8.30. The molecule has 10 heteroatoms. The van der Waals surface area contributed by atoms with Gasteiger partial charge in [0.25, 0.3) is 5.56 Å². The van der Waals surface area contributed by atoms with Crippen LogP contribution in [-0.2, 0) is 24.4 Å². The summed E-state index contributed by atoms with van der Waals surface area (Å²) in [7, 11) is 0. The lowest BCUT2D eigenvalue weighted by atomic mass is 10.2. The molecule has 0 saturated heterocycles. The SMILES string of the molecule is CCn1cc2c(n1)c(=O)n(Cc1ccccc1)c(=O)n2CC(=O)Nc1ccc2c(c1)OCO2. The standard InChI is InChI=1S/C23H21N5O5/c1-2-26-12-17-21(25-26)22(30)28(11-15-6-4-3-5-7-15)23(31)27(17)13-20(29)24-16-8-9-18-19(10-16)33-14-32-18/h3-10,12H,2,11,13-14H2,1H3,(H,24,29). The van der Waals surface area contributed by atoms with E-state index >= 15 is 0 Å². The molecule has 0 spiro atoms. The molecule has 3 heterocycles. The molecular weight excluding hydrogens is 426 g/mol. The Bertz CT molecular complexity index is 1470. The van der Waals surface area contributed by atoms with Gasteiger partial charge >= 0.3 is 5.69 Å². The molecule has 1 N–H and O–H groups in total. The summed E-state index contributed by atoms with van der Waals surface area (Å²) in [5.41, 5.74) is 0.698. The summed E-state index contributed by atoms with van der Waals surface area (Å²) < 4.78 is 14.6. The van der Waals surface area contributed by atoms with Crippen LogP contribution >= 0.6 is 0 Å². The van der Waals surface area contributed by atoms with Crippen LogP contribution in [0, 0.1) is 0 Å². The zero-order valence-electron chi connectivity index (χ0n) is 17.9. The van der Waals surface area contributed by atoms with Crippen LogP contribution < -0.4 is 26.0 Å². The van der Waals surface area contributed by atoms with Crippen molar-refractivity contribution in [3.05, 3.63) is 81.1 Å². The quantitative estimate of drug-likeness (QED) is 0.483. The van der Waals surface area contributed by atoms with E-state index in [-0.39, 0.29) is 25.4 Å². The van der Waals surface area contributed by atoms with E-state index in [1.807, 2.05) is 37.3 Å². The summed E-state index contributed by atoms with van der Waals surface area (Å²) in [5, 5.41) is 7.09. The number of aryl methyl sites for hydroxylation is 1. The molecule has 0 aliphatic carbocycles. The number of nitrogens with one attached hydrogen (secondary N) is 1. The van der Waals surface area contributed by atoms with Crippen molar-refractivity contribution < 1.29 is 14.3 Å². The molecular formula is C23H21N5O5. The number of benzene rings is 2. The smallest absolute Gasteiger partial charge is 0.332 e. The van der Waals surface area contributed by atoms with Gasteiger partial charge in [0, 0.05) is 24.5 Å². The number of hydrogen-bond donors (Lipinski definition) is 1. The Labute approximate surface area is 187 Å². The normalized spacial score (nSPS) is 12.3. The van der Waals surface area contributed by atoms with Crippen LogP contribution in [0.1, 0.15) is 12.5 Å². The first kappa shape index (κ1) is 20.6. The largest absolute Gasteiger partial charge is 0.454 e. The van der Waals surface area contributed by atoms with Crippen molar-refractivity contribution in [2.45, 2.75) is 26.6 Å². The number of nitrogens with zero attached hydrogens (tertiary/aromatic N) is 4. The van der Waals surface area contributed by atoms with Crippen LogP contribution in [0.4, 0.5) is 5.69 Å². The van der Waals surface area contributed by atoms with Gasteiger partial charge in [0.05, 0.1) is 12.1 Å². The van der Waals surface area contributed by atoms with Gasteiger partial charge in [0.15, 0.2) is 17.0 Å². The van der Waals surface area contributed by atoms with Crippen LogP contribution in [0.3, 0.4) is 0 Å². The third-order valence-corrected chi connectivity index (χ3v) is 5.41.